The number of fused-ring (bicyclic) bond motifs is 5. The molecule has 0 amide bonds. The van der Waals surface area contributed by atoms with Crippen molar-refractivity contribution in [3.63, 3.8) is 0 Å². The van der Waals surface area contributed by atoms with Crippen LogP contribution < -0.4 is 4.90 Å². The molecule has 0 saturated heterocycles. The van der Waals surface area contributed by atoms with E-state index in [9.17, 15) is 0 Å². The summed E-state index contributed by atoms with van der Waals surface area (Å²) in [7, 11) is 0. The van der Waals surface area contributed by atoms with Crippen molar-refractivity contribution in [3.05, 3.63) is 181 Å². The summed E-state index contributed by atoms with van der Waals surface area (Å²) in [6.45, 7) is 4.39. The number of anilines is 3. The van der Waals surface area contributed by atoms with E-state index in [1.807, 2.05) is 0 Å². The Balaban J connectivity index is 1.40. The van der Waals surface area contributed by atoms with Gasteiger partial charge in [0.25, 0.3) is 0 Å². The molecular formula is C46H34N2. The highest BCUT2D eigenvalue weighted by molar-refractivity contribution is 6.23. The molecule has 0 unspecified atom stereocenters. The number of hydrogen-bond donors (Lipinski definition) is 0. The van der Waals surface area contributed by atoms with Gasteiger partial charge < -0.3 is 9.47 Å². The van der Waals surface area contributed by atoms with E-state index in [0.29, 0.717) is 0 Å². The Morgan fingerprint density at radius 2 is 1.00 bits per heavy atom. The summed E-state index contributed by atoms with van der Waals surface area (Å²) in [4.78, 5) is 2.47. The van der Waals surface area contributed by atoms with Crippen LogP contribution in [0, 0.1) is 13.8 Å². The van der Waals surface area contributed by atoms with E-state index in [-0.39, 0.29) is 0 Å². The van der Waals surface area contributed by atoms with Gasteiger partial charge in [0, 0.05) is 38.6 Å². The van der Waals surface area contributed by atoms with Crippen LogP contribution in [0.4, 0.5) is 17.1 Å². The van der Waals surface area contributed by atoms with Gasteiger partial charge in [-0.25, -0.2) is 0 Å². The Morgan fingerprint density at radius 3 is 1.75 bits per heavy atom. The lowest BCUT2D eigenvalue weighted by Crippen LogP contribution is -2.11. The second kappa shape index (κ2) is 11.3. The fourth-order valence-corrected chi connectivity index (χ4v) is 7.53. The molecule has 0 aliphatic heterocycles. The molecular weight excluding hydrogens is 581 g/mol. The topological polar surface area (TPSA) is 8.17 Å². The number of para-hydroxylation sites is 3. The largest absolute Gasteiger partial charge is 0.309 e. The van der Waals surface area contributed by atoms with Crippen LogP contribution in [0.25, 0.3) is 60.2 Å². The van der Waals surface area contributed by atoms with Crippen molar-refractivity contribution < 1.29 is 0 Å². The smallest absolute Gasteiger partial charge is 0.0618 e. The molecule has 0 radical (unpaired) electrons. The van der Waals surface area contributed by atoms with Crippen LogP contribution in [0.2, 0.25) is 0 Å². The molecule has 228 valence electrons. The van der Waals surface area contributed by atoms with Crippen LogP contribution in [0.5, 0.6) is 0 Å². The van der Waals surface area contributed by atoms with E-state index in [1.54, 1.807) is 0 Å². The molecule has 2 heteroatoms. The highest BCUT2D eigenvalue weighted by Crippen LogP contribution is 2.49. The first-order valence-corrected chi connectivity index (χ1v) is 16.6. The molecule has 1 aromatic heterocycles. The summed E-state index contributed by atoms with van der Waals surface area (Å²) >= 11 is 0. The van der Waals surface area contributed by atoms with Crippen molar-refractivity contribution in [3.8, 4) is 16.8 Å². The van der Waals surface area contributed by atoms with Gasteiger partial charge in [-0.05, 0) is 90.3 Å². The lowest BCUT2D eigenvalue weighted by molar-refractivity contribution is 1.18. The minimum absolute atomic E-state index is 1.13. The molecule has 0 spiro atoms. The lowest BCUT2D eigenvalue weighted by Gasteiger charge is -2.30. The van der Waals surface area contributed by atoms with Gasteiger partial charge in [-0.3, -0.25) is 0 Å². The molecule has 0 fully saturated rings. The third kappa shape index (κ3) is 4.49. The molecule has 0 aliphatic carbocycles. The number of nitrogens with zero attached hydrogens (tertiary/aromatic N) is 2. The summed E-state index contributed by atoms with van der Waals surface area (Å²) in [5.41, 5.74) is 12.0. The average molecular weight is 615 g/mol. The Hall–Kier alpha value is -6.12. The predicted molar refractivity (Wildman–Crippen MR) is 205 cm³/mol. The van der Waals surface area contributed by atoms with E-state index in [4.69, 9.17) is 0 Å². The van der Waals surface area contributed by atoms with E-state index >= 15 is 0 Å². The molecule has 0 saturated carbocycles. The van der Waals surface area contributed by atoms with Crippen molar-refractivity contribution in [2.75, 3.05) is 4.90 Å². The molecule has 9 rings (SSSR count). The van der Waals surface area contributed by atoms with Crippen molar-refractivity contribution in [1.29, 1.82) is 0 Å². The second-order valence-electron chi connectivity index (χ2n) is 12.7. The molecule has 9 aromatic rings. The van der Waals surface area contributed by atoms with Gasteiger partial charge in [0.2, 0.25) is 0 Å². The fourth-order valence-electron chi connectivity index (χ4n) is 7.53. The molecule has 1 heterocycles. The van der Waals surface area contributed by atoms with Gasteiger partial charge in [-0.2, -0.15) is 0 Å². The first kappa shape index (κ1) is 28.1. The maximum absolute atomic E-state index is 2.47. The monoisotopic (exact) mass is 614 g/mol. The van der Waals surface area contributed by atoms with Gasteiger partial charge in [0.1, 0.15) is 0 Å². The van der Waals surface area contributed by atoms with Crippen LogP contribution in [-0.4, -0.2) is 4.57 Å². The number of aryl methyl sites for hydroxylation is 2. The van der Waals surface area contributed by atoms with Crippen LogP contribution in [-0.2, 0) is 0 Å². The van der Waals surface area contributed by atoms with Crippen LogP contribution in [0.1, 0.15) is 11.1 Å². The van der Waals surface area contributed by atoms with Crippen molar-refractivity contribution in [2.24, 2.45) is 0 Å². The number of aromatic nitrogens is 1. The first-order valence-electron chi connectivity index (χ1n) is 16.6. The summed E-state index contributed by atoms with van der Waals surface area (Å²) in [6, 6.07) is 62.0. The standard InChI is InChI=1S/C46H34N2/c1-31-23-26-39-41(28-31)45(33-14-6-3-7-15-33)38-25-22-32(2)29-42(38)46(39)47(34-16-8-4-9-17-34)36-24-27-44-40(30-36)37-20-12-13-21-43(37)48(44)35-18-10-5-11-19-35/h3-30H,1-2H3. The van der Waals surface area contributed by atoms with Crippen molar-refractivity contribution >= 4 is 60.4 Å². The zero-order valence-electron chi connectivity index (χ0n) is 27.1. The summed E-state index contributed by atoms with van der Waals surface area (Å²) in [5.74, 6) is 0. The van der Waals surface area contributed by atoms with Crippen molar-refractivity contribution in [1.82, 2.24) is 4.57 Å². The maximum atomic E-state index is 2.47. The normalized spacial score (nSPS) is 11.5. The van der Waals surface area contributed by atoms with Gasteiger partial charge in [-0.15, -0.1) is 0 Å². The maximum Gasteiger partial charge on any atom is 0.0618 e. The number of rotatable bonds is 5. The van der Waals surface area contributed by atoms with Crippen LogP contribution in [0.15, 0.2) is 170 Å². The quantitative estimate of drug-likeness (QED) is 0.175. The Kier molecular flexibility index (Phi) is 6.62. The lowest BCUT2D eigenvalue weighted by atomic mass is 9.88. The Labute approximate surface area is 280 Å². The second-order valence-corrected chi connectivity index (χ2v) is 12.7. The molecule has 48 heavy (non-hydrogen) atoms. The highest BCUT2D eigenvalue weighted by Gasteiger charge is 2.23. The average Bonchev–Trinajstić information content (AvgIpc) is 3.46. The number of benzene rings is 8. The SMILES string of the molecule is Cc1ccc2c(N(c3ccccc3)c3ccc4c(c3)c3ccccc3n4-c3ccccc3)c3cc(C)ccc3c(-c3ccccc3)c2c1. The third-order valence-electron chi connectivity index (χ3n) is 9.63. The molecule has 0 bridgehead atoms. The molecule has 0 atom stereocenters. The van der Waals surface area contributed by atoms with E-state index in [0.717, 1.165) is 17.1 Å². The van der Waals surface area contributed by atoms with E-state index < -0.39 is 0 Å². The summed E-state index contributed by atoms with van der Waals surface area (Å²) in [6.07, 6.45) is 0. The third-order valence-corrected chi connectivity index (χ3v) is 9.63. The highest BCUT2D eigenvalue weighted by atomic mass is 15.1. The number of hydrogen-bond acceptors (Lipinski definition) is 1. The molecule has 8 aromatic carbocycles. The van der Waals surface area contributed by atoms with Crippen LogP contribution in [0.3, 0.4) is 0 Å². The molecule has 0 N–H and O–H groups in total. The van der Waals surface area contributed by atoms with Crippen molar-refractivity contribution in [2.45, 2.75) is 13.8 Å². The van der Waals surface area contributed by atoms with Gasteiger partial charge in [0.15, 0.2) is 0 Å². The zero-order chi connectivity index (χ0) is 32.2. The minimum Gasteiger partial charge on any atom is -0.309 e. The van der Waals surface area contributed by atoms with E-state index in [2.05, 4.69) is 193 Å². The Bertz CT molecular complexity index is 2620. The summed E-state index contributed by atoms with van der Waals surface area (Å²) < 4.78 is 2.38. The zero-order valence-corrected chi connectivity index (χ0v) is 27.1. The minimum atomic E-state index is 1.13. The van der Waals surface area contributed by atoms with Gasteiger partial charge in [0.05, 0.1) is 16.7 Å². The van der Waals surface area contributed by atoms with Crippen LogP contribution >= 0.6 is 0 Å². The van der Waals surface area contributed by atoms with E-state index in [1.165, 1.54) is 71.3 Å². The fraction of sp³-hybridized carbons (Fsp3) is 0.0435. The predicted octanol–water partition coefficient (Wildman–Crippen LogP) is 12.8. The van der Waals surface area contributed by atoms with Gasteiger partial charge in [-0.1, -0.05) is 126 Å². The summed E-state index contributed by atoms with van der Waals surface area (Å²) in [5, 5.41) is 7.45. The molecule has 0 aliphatic rings. The molecule has 2 nitrogen and oxygen atoms in total. The first-order chi connectivity index (χ1) is 23.7. The Morgan fingerprint density at radius 1 is 0.396 bits per heavy atom. The van der Waals surface area contributed by atoms with Gasteiger partial charge >= 0.3 is 0 Å².